The molecule has 1 aromatic rings. The standard InChI is InChI=1S/C18H22F3NO5/c1-5-14-9(2)15(25-10(3)23)17(26-11(4)24)16(27-14)13-8-12(6-7-22-13)18(19,20)21/h6-9,14-17H,5H2,1-4H3/t9-,14-,15+,16-,17-/m1/s1. The molecule has 0 N–H and O–H groups in total. The lowest BCUT2D eigenvalue weighted by atomic mass is 9.85. The van der Waals surface area contributed by atoms with Crippen molar-refractivity contribution in [2.45, 2.75) is 64.7 Å². The van der Waals surface area contributed by atoms with E-state index < -0.39 is 48.1 Å². The zero-order valence-electron chi connectivity index (χ0n) is 15.4. The van der Waals surface area contributed by atoms with Gasteiger partial charge in [-0.3, -0.25) is 14.6 Å². The molecular weight excluding hydrogens is 367 g/mol. The van der Waals surface area contributed by atoms with Crippen molar-refractivity contribution in [2.75, 3.05) is 0 Å². The molecule has 0 unspecified atom stereocenters. The largest absolute Gasteiger partial charge is 0.458 e. The van der Waals surface area contributed by atoms with Crippen molar-refractivity contribution in [1.82, 2.24) is 4.98 Å². The van der Waals surface area contributed by atoms with Crippen LogP contribution in [0.1, 0.15) is 51.5 Å². The zero-order chi connectivity index (χ0) is 20.4. The van der Waals surface area contributed by atoms with E-state index in [2.05, 4.69) is 4.98 Å². The Labute approximate surface area is 155 Å². The minimum absolute atomic E-state index is 0.0430. The number of carbonyl (C=O) groups is 2. The normalized spacial score (nSPS) is 28.5. The van der Waals surface area contributed by atoms with Crippen molar-refractivity contribution in [2.24, 2.45) is 5.92 Å². The Hall–Kier alpha value is -2.16. The highest BCUT2D eigenvalue weighted by Gasteiger charge is 2.48. The van der Waals surface area contributed by atoms with Gasteiger partial charge in [-0.05, 0) is 18.6 Å². The number of halogens is 3. The van der Waals surface area contributed by atoms with Gasteiger partial charge in [0.25, 0.3) is 0 Å². The van der Waals surface area contributed by atoms with E-state index in [4.69, 9.17) is 14.2 Å². The maximum atomic E-state index is 13.1. The van der Waals surface area contributed by atoms with Crippen LogP contribution in [0, 0.1) is 5.92 Å². The van der Waals surface area contributed by atoms with Crippen LogP contribution in [0.25, 0.3) is 0 Å². The van der Waals surface area contributed by atoms with E-state index in [1.165, 1.54) is 6.92 Å². The van der Waals surface area contributed by atoms with Crippen LogP contribution in [0.3, 0.4) is 0 Å². The van der Waals surface area contributed by atoms with E-state index in [1.54, 1.807) is 6.92 Å². The van der Waals surface area contributed by atoms with E-state index in [9.17, 15) is 22.8 Å². The summed E-state index contributed by atoms with van der Waals surface area (Å²) in [6.45, 7) is 5.99. The van der Waals surface area contributed by atoms with Gasteiger partial charge in [0.2, 0.25) is 0 Å². The Kier molecular flexibility index (Phi) is 6.46. The molecule has 0 amide bonds. The second-order valence-corrected chi connectivity index (χ2v) is 6.48. The van der Waals surface area contributed by atoms with Crippen molar-refractivity contribution in [3.63, 3.8) is 0 Å². The van der Waals surface area contributed by atoms with Crippen LogP contribution in [0.15, 0.2) is 18.3 Å². The number of aromatic nitrogens is 1. The molecule has 0 spiro atoms. The third kappa shape index (κ3) is 4.97. The van der Waals surface area contributed by atoms with Crippen LogP contribution in [-0.4, -0.2) is 35.2 Å². The first-order valence-corrected chi connectivity index (χ1v) is 8.57. The predicted octanol–water partition coefficient (Wildman–Crippen LogP) is 3.45. The van der Waals surface area contributed by atoms with Gasteiger partial charge >= 0.3 is 18.1 Å². The van der Waals surface area contributed by atoms with Crippen molar-refractivity contribution in [3.05, 3.63) is 29.6 Å². The van der Waals surface area contributed by atoms with Gasteiger partial charge in [-0.15, -0.1) is 0 Å². The molecule has 2 heterocycles. The molecule has 9 heteroatoms. The average Bonchev–Trinajstić information content (AvgIpc) is 2.57. The third-order valence-electron chi connectivity index (χ3n) is 4.45. The molecule has 1 fully saturated rings. The highest BCUT2D eigenvalue weighted by atomic mass is 19.4. The van der Waals surface area contributed by atoms with Gasteiger partial charge in [0.1, 0.15) is 12.2 Å². The lowest BCUT2D eigenvalue weighted by molar-refractivity contribution is -0.226. The first-order valence-electron chi connectivity index (χ1n) is 8.57. The quantitative estimate of drug-likeness (QED) is 0.735. The summed E-state index contributed by atoms with van der Waals surface area (Å²) in [5.74, 6) is -1.58. The topological polar surface area (TPSA) is 74.7 Å². The average molecular weight is 389 g/mol. The minimum atomic E-state index is -4.56. The van der Waals surface area contributed by atoms with Crippen molar-refractivity contribution >= 4 is 11.9 Å². The number of esters is 2. The Morgan fingerprint density at radius 3 is 2.30 bits per heavy atom. The summed E-state index contributed by atoms with van der Waals surface area (Å²) < 4.78 is 55.8. The number of hydrogen-bond acceptors (Lipinski definition) is 6. The highest BCUT2D eigenvalue weighted by molar-refractivity contribution is 5.67. The molecule has 27 heavy (non-hydrogen) atoms. The van der Waals surface area contributed by atoms with E-state index in [1.807, 2.05) is 6.92 Å². The Morgan fingerprint density at radius 2 is 1.78 bits per heavy atom. The molecule has 1 saturated heterocycles. The van der Waals surface area contributed by atoms with Crippen LogP contribution in [0.5, 0.6) is 0 Å². The molecule has 0 aromatic carbocycles. The van der Waals surface area contributed by atoms with Gasteiger partial charge in [-0.2, -0.15) is 13.2 Å². The molecule has 1 aliphatic rings. The lowest BCUT2D eigenvalue weighted by Crippen LogP contribution is -2.53. The summed E-state index contributed by atoms with van der Waals surface area (Å²) in [6, 6.07) is 1.70. The molecule has 2 rings (SSSR count). The fraction of sp³-hybridized carbons (Fsp3) is 0.611. The molecule has 0 radical (unpaired) electrons. The van der Waals surface area contributed by atoms with Crippen LogP contribution in [0.2, 0.25) is 0 Å². The van der Waals surface area contributed by atoms with E-state index >= 15 is 0 Å². The highest BCUT2D eigenvalue weighted by Crippen LogP contribution is 2.40. The molecule has 0 bridgehead atoms. The van der Waals surface area contributed by atoms with Crippen LogP contribution >= 0.6 is 0 Å². The van der Waals surface area contributed by atoms with Gasteiger partial charge in [0.05, 0.1) is 17.4 Å². The lowest BCUT2D eigenvalue weighted by Gasteiger charge is -2.44. The van der Waals surface area contributed by atoms with E-state index in [-0.39, 0.29) is 11.6 Å². The Bertz CT molecular complexity index is 694. The van der Waals surface area contributed by atoms with Gasteiger partial charge < -0.3 is 14.2 Å². The number of carbonyl (C=O) groups excluding carboxylic acids is 2. The summed E-state index contributed by atoms with van der Waals surface area (Å²) in [5.41, 5.74) is -0.938. The Morgan fingerprint density at radius 1 is 1.19 bits per heavy atom. The number of ether oxygens (including phenoxy) is 3. The van der Waals surface area contributed by atoms with Gasteiger partial charge in [0, 0.05) is 26.0 Å². The maximum Gasteiger partial charge on any atom is 0.416 e. The van der Waals surface area contributed by atoms with Crippen molar-refractivity contribution in [1.29, 1.82) is 0 Å². The molecule has 0 saturated carbocycles. The SMILES string of the molecule is CC[C@H]1O[C@H](c2cc(C(F)(F)F)ccn2)[C@H](OC(C)=O)[C@@H](OC(C)=O)[C@@H]1C. The first kappa shape index (κ1) is 21.1. The first-order chi connectivity index (χ1) is 12.5. The second kappa shape index (κ2) is 8.24. The Balaban J connectivity index is 2.49. The predicted molar refractivity (Wildman–Crippen MR) is 87.4 cm³/mol. The van der Waals surface area contributed by atoms with Crippen molar-refractivity contribution < 1.29 is 37.0 Å². The van der Waals surface area contributed by atoms with Crippen molar-refractivity contribution in [3.8, 4) is 0 Å². The smallest absolute Gasteiger partial charge is 0.416 e. The monoisotopic (exact) mass is 389 g/mol. The fourth-order valence-corrected chi connectivity index (χ4v) is 3.25. The summed E-state index contributed by atoms with van der Waals surface area (Å²) in [5, 5.41) is 0. The minimum Gasteiger partial charge on any atom is -0.458 e. The van der Waals surface area contributed by atoms with Crippen LogP contribution < -0.4 is 0 Å². The number of pyridine rings is 1. The van der Waals surface area contributed by atoms with Crippen LogP contribution in [-0.2, 0) is 30.0 Å². The zero-order valence-corrected chi connectivity index (χ0v) is 15.4. The summed E-state index contributed by atoms with van der Waals surface area (Å²) in [6.07, 6.45) is -6.50. The van der Waals surface area contributed by atoms with Crippen LogP contribution in [0.4, 0.5) is 13.2 Å². The summed E-state index contributed by atoms with van der Waals surface area (Å²) >= 11 is 0. The van der Waals surface area contributed by atoms with E-state index in [0.29, 0.717) is 6.42 Å². The number of hydrogen-bond donors (Lipinski definition) is 0. The number of rotatable bonds is 4. The number of nitrogens with zero attached hydrogens (tertiary/aromatic N) is 1. The molecule has 1 aromatic heterocycles. The summed E-state index contributed by atoms with van der Waals surface area (Å²) in [4.78, 5) is 27.1. The van der Waals surface area contributed by atoms with Gasteiger partial charge in [-0.1, -0.05) is 13.8 Å². The van der Waals surface area contributed by atoms with Gasteiger partial charge in [0.15, 0.2) is 6.10 Å². The second-order valence-electron chi connectivity index (χ2n) is 6.48. The molecule has 1 aliphatic heterocycles. The molecule has 6 nitrogen and oxygen atoms in total. The molecule has 5 atom stereocenters. The molecule has 150 valence electrons. The molecule has 0 aliphatic carbocycles. The third-order valence-corrected chi connectivity index (χ3v) is 4.45. The maximum absolute atomic E-state index is 13.1. The summed E-state index contributed by atoms with van der Waals surface area (Å²) in [7, 11) is 0. The van der Waals surface area contributed by atoms with E-state index in [0.717, 1.165) is 25.3 Å². The van der Waals surface area contributed by atoms with Gasteiger partial charge in [-0.25, -0.2) is 0 Å². The molecular formula is C18H22F3NO5. The number of alkyl halides is 3. The fourth-order valence-electron chi connectivity index (χ4n) is 3.25.